The Labute approximate surface area is 126 Å². The van der Waals surface area contributed by atoms with Gasteiger partial charge in [-0.15, -0.1) is 11.8 Å². The number of aromatic hydroxyl groups is 1. The lowest BCUT2D eigenvalue weighted by molar-refractivity contribution is 0.462. The first-order chi connectivity index (χ1) is 9.17. The van der Waals surface area contributed by atoms with Crippen LogP contribution in [0.1, 0.15) is 25.2 Å². The van der Waals surface area contributed by atoms with Gasteiger partial charge in [-0.1, -0.05) is 19.1 Å². The summed E-state index contributed by atoms with van der Waals surface area (Å²) in [5, 5.41) is 14.4. The van der Waals surface area contributed by atoms with Crippen LogP contribution in [0.5, 0.6) is 5.75 Å². The van der Waals surface area contributed by atoms with Crippen LogP contribution in [0.25, 0.3) is 0 Å². The molecule has 0 saturated carbocycles. The number of hydrogen-bond donors (Lipinski definition) is 1. The summed E-state index contributed by atoms with van der Waals surface area (Å²) in [7, 11) is 0. The standard InChI is InChI=1S/C14H17BrN2OS/c1-3-10-14(15)11(17(4-2)16-10)9-19-13-8-6-5-7-12(13)18/h5-8,18H,3-4,9H2,1-2H3. The number of nitrogens with zero attached hydrogens (tertiary/aromatic N) is 2. The van der Waals surface area contributed by atoms with Gasteiger partial charge in [0.2, 0.25) is 0 Å². The van der Waals surface area contributed by atoms with Gasteiger partial charge in [0.25, 0.3) is 0 Å². The average molecular weight is 341 g/mol. The molecule has 0 unspecified atom stereocenters. The van der Waals surface area contributed by atoms with Gasteiger partial charge in [-0.3, -0.25) is 4.68 Å². The third-order valence-corrected chi connectivity index (χ3v) is 4.91. The molecule has 0 fully saturated rings. The molecule has 0 aliphatic heterocycles. The van der Waals surface area contributed by atoms with E-state index in [2.05, 4.69) is 34.9 Å². The van der Waals surface area contributed by atoms with Crippen molar-refractivity contribution in [1.29, 1.82) is 0 Å². The first kappa shape index (κ1) is 14.5. The van der Waals surface area contributed by atoms with Gasteiger partial charge in [0.1, 0.15) is 5.75 Å². The summed E-state index contributed by atoms with van der Waals surface area (Å²) >= 11 is 5.26. The van der Waals surface area contributed by atoms with E-state index in [1.807, 2.05) is 22.9 Å². The second kappa shape index (κ2) is 6.48. The van der Waals surface area contributed by atoms with Crippen LogP contribution in [0.15, 0.2) is 33.6 Å². The van der Waals surface area contributed by atoms with Crippen molar-refractivity contribution < 1.29 is 5.11 Å². The Morgan fingerprint density at radius 2 is 2.05 bits per heavy atom. The smallest absolute Gasteiger partial charge is 0.129 e. The number of aromatic nitrogens is 2. The van der Waals surface area contributed by atoms with Gasteiger partial charge in [0, 0.05) is 17.2 Å². The minimum atomic E-state index is 0.335. The van der Waals surface area contributed by atoms with Crippen LogP contribution in [-0.2, 0) is 18.7 Å². The molecule has 0 aliphatic rings. The Kier molecular flexibility index (Phi) is 4.93. The minimum absolute atomic E-state index is 0.335. The largest absolute Gasteiger partial charge is 0.507 e. The van der Waals surface area contributed by atoms with E-state index >= 15 is 0 Å². The molecule has 0 spiro atoms. The number of aryl methyl sites for hydroxylation is 2. The normalized spacial score (nSPS) is 10.9. The summed E-state index contributed by atoms with van der Waals surface area (Å²) < 4.78 is 3.12. The zero-order chi connectivity index (χ0) is 13.8. The van der Waals surface area contributed by atoms with Gasteiger partial charge in [-0.05, 0) is 41.4 Å². The van der Waals surface area contributed by atoms with Gasteiger partial charge < -0.3 is 5.11 Å². The van der Waals surface area contributed by atoms with Crippen LogP contribution in [0.3, 0.4) is 0 Å². The maximum absolute atomic E-state index is 9.78. The number of rotatable bonds is 5. The Bertz CT molecular complexity index is 569. The van der Waals surface area contributed by atoms with Crippen molar-refractivity contribution in [2.45, 2.75) is 37.5 Å². The highest BCUT2D eigenvalue weighted by Gasteiger charge is 2.14. The second-order valence-corrected chi connectivity index (χ2v) is 5.94. The van der Waals surface area contributed by atoms with Gasteiger partial charge in [0.05, 0.1) is 15.9 Å². The third-order valence-electron chi connectivity index (χ3n) is 2.92. The molecule has 102 valence electrons. The molecule has 1 aromatic carbocycles. The van der Waals surface area contributed by atoms with E-state index in [0.29, 0.717) is 5.75 Å². The zero-order valence-electron chi connectivity index (χ0n) is 11.1. The average Bonchev–Trinajstić information content (AvgIpc) is 2.74. The van der Waals surface area contributed by atoms with E-state index in [-0.39, 0.29) is 0 Å². The van der Waals surface area contributed by atoms with Crippen molar-refractivity contribution in [2.75, 3.05) is 0 Å². The molecule has 0 amide bonds. The van der Waals surface area contributed by atoms with Crippen LogP contribution < -0.4 is 0 Å². The topological polar surface area (TPSA) is 38.0 Å². The monoisotopic (exact) mass is 340 g/mol. The maximum Gasteiger partial charge on any atom is 0.129 e. The van der Waals surface area contributed by atoms with Crippen molar-refractivity contribution in [2.24, 2.45) is 0 Å². The number of phenolic OH excluding ortho intramolecular Hbond substituents is 1. The van der Waals surface area contributed by atoms with E-state index in [9.17, 15) is 5.11 Å². The fourth-order valence-electron chi connectivity index (χ4n) is 1.88. The fourth-order valence-corrected chi connectivity index (χ4v) is 3.75. The van der Waals surface area contributed by atoms with E-state index in [4.69, 9.17) is 0 Å². The van der Waals surface area contributed by atoms with Crippen molar-refractivity contribution in [3.63, 3.8) is 0 Å². The van der Waals surface area contributed by atoms with Crippen LogP contribution >= 0.6 is 27.7 Å². The molecule has 19 heavy (non-hydrogen) atoms. The lowest BCUT2D eigenvalue weighted by Gasteiger charge is -2.06. The summed E-state index contributed by atoms with van der Waals surface area (Å²) in [6, 6.07) is 7.42. The van der Waals surface area contributed by atoms with Crippen LogP contribution in [-0.4, -0.2) is 14.9 Å². The molecule has 2 rings (SSSR count). The number of para-hydroxylation sites is 1. The second-order valence-electron chi connectivity index (χ2n) is 4.13. The molecular weight excluding hydrogens is 324 g/mol. The van der Waals surface area contributed by atoms with E-state index in [0.717, 1.165) is 33.8 Å². The molecule has 2 aromatic rings. The van der Waals surface area contributed by atoms with Crippen molar-refractivity contribution in [3.05, 3.63) is 40.1 Å². The van der Waals surface area contributed by atoms with Crippen molar-refractivity contribution in [3.8, 4) is 5.75 Å². The molecule has 1 aromatic heterocycles. The van der Waals surface area contributed by atoms with Crippen LogP contribution in [0.4, 0.5) is 0 Å². The molecule has 5 heteroatoms. The molecule has 1 heterocycles. The summed E-state index contributed by atoms with van der Waals surface area (Å²) in [6.07, 6.45) is 0.918. The Hall–Kier alpha value is -0.940. The Morgan fingerprint density at radius 3 is 2.68 bits per heavy atom. The number of halogens is 1. The number of thioether (sulfide) groups is 1. The Balaban J connectivity index is 2.20. The van der Waals surface area contributed by atoms with Crippen molar-refractivity contribution >= 4 is 27.7 Å². The quantitative estimate of drug-likeness (QED) is 0.828. The predicted octanol–water partition coefficient (Wildman–Crippen LogP) is 4.23. The van der Waals surface area contributed by atoms with Gasteiger partial charge in [-0.25, -0.2) is 0 Å². The van der Waals surface area contributed by atoms with Gasteiger partial charge >= 0.3 is 0 Å². The van der Waals surface area contributed by atoms with E-state index in [1.54, 1.807) is 17.8 Å². The molecule has 1 N–H and O–H groups in total. The molecule has 3 nitrogen and oxygen atoms in total. The highest BCUT2D eigenvalue weighted by molar-refractivity contribution is 9.10. The summed E-state index contributed by atoms with van der Waals surface area (Å²) in [5.41, 5.74) is 2.27. The summed E-state index contributed by atoms with van der Waals surface area (Å²) in [5.74, 6) is 1.13. The van der Waals surface area contributed by atoms with Gasteiger partial charge in [-0.2, -0.15) is 5.10 Å². The minimum Gasteiger partial charge on any atom is -0.507 e. The number of phenols is 1. The number of benzene rings is 1. The first-order valence-electron chi connectivity index (χ1n) is 6.32. The number of hydrogen-bond acceptors (Lipinski definition) is 3. The first-order valence-corrected chi connectivity index (χ1v) is 8.10. The molecule has 0 bridgehead atoms. The molecule has 0 aliphatic carbocycles. The molecule has 0 atom stereocenters. The van der Waals surface area contributed by atoms with Crippen LogP contribution in [0, 0.1) is 0 Å². The van der Waals surface area contributed by atoms with E-state index in [1.165, 1.54) is 5.69 Å². The summed E-state index contributed by atoms with van der Waals surface area (Å²) in [6.45, 7) is 5.05. The molecule has 0 radical (unpaired) electrons. The fraction of sp³-hybridized carbons (Fsp3) is 0.357. The van der Waals surface area contributed by atoms with Crippen LogP contribution in [0.2, 0.25) is 0 Å². The zero-order valence-corrected chi connectivity index (χ0v) is 13.5. The predicted molar refractivity (Wildman–Crippen MR) is 82.6 cm³/mol. The summed E-state index contributed by atoms with van der Waals surface area (Å²) in [4.78, 5) is 0.899. The van der Waals surface area contributed by atoms with Gasteiger partial charge in [0.15, 0.2) is 0 Å². The molecular formula is C14H17BrN2OS. The Morgan fingerprint density at radius 1 is 1.32 bits per heavy atom. The lowest BCUT2D eigenvalue weighted by atomic mass is 10.3. The highest BCUT2D eigenvalue weighted by Crippen LogP contribution is 2.33. The van der Waals surface area contributed by atoms with Crippen molar-refractivity contribution in [1.82, 2.24) is 9.78 Å². The lowest BCUT2D eigenvalue weighted by Crippen LogP contribution is -2.01. The maximum atomic E-state index is 9.78. The molecule has 0 saturated heterocycles. The third kappa shape index (κ3) is 3.15. The highest BCUT2D eigenvalue weighted by atomic mass is 79.9. The SMILES string of the molecule is CCc1nn(CC)c(CSc2ccccc2O)c1Br. The van der Waals surface area contributed by atoms with E-state index < -0.39 is 0 Å².